The number of aryl methyl sites for hydroxylation is 1. The molecule has 1 aliphatic rings. The number of carbonyl (C=O) groups excluding carboxylic acids is 2. The Kier molecular flexibility index (Phi) is 6.06. The number of ether oxygens (including phenoxy) is 1. The molecule has 2 aromatic rings. The molecule has 1 fully saturated rings. The monoisotopic (exact) mass is 370 g/mol. The molecule has 1 saturated heterocycles. The molecule has 2 amide bonds. The average molecular weight is 370 g/mol. The lowest BCUT2D eigenvalue weighted by Gasteiger charge is -2.35. The Morgan fingerprint density at radius 2 is 1.59 bits per heavy atom. The Balaban J connectivity index is 1.50. The van der Waals surface area contributed by atoms with Crippen LogP contribution in [0.3, 0.4) is 0 Å². The van der Waals surface area contributed by atoms with Gasteiger partial charge in [0.2, 0.25) is 5.91 Å². The molecule has 0 aromatic heterocycles. The van der Waals surface area contributed by atoms with Crippen LogP contribution in [0.4, 0.5) is 4.39 Å². The van der Waals surface area contributed by atoms with Gasteiger partial charge < -0.3 is 14.5 Å². The Bertz CT molecular complexity index is 799. The van der Waals surface area contributed by atoms with Crippen molar-refractivity contribution in [1.29, 1.82) is 0 Å². The average Bonchev–Trinajstić information content (AvgIpc) is 2.72. The molecular weight excluding hydrogens is 347 g/mol. The predicted octanol–water partition coefficient (Wildman–Crippen LogP) is 2.75. The number of benzene rings is 2. The van der Waals surface area contributed by atoms with E-state index in [2.05, 4.69) is 0 Å². The summed E-state index contributed by atoms with van der Waals surface area (Å²) < 4.78 is 18.3. The first kappa shape index (κ1) is 18.9. The van der Waals surface area contributed by atoms with Gasteiger partial charge in [-0.1, -0.05) is 18.2 Å². The smallest absolute Gasteiger partial charge is 0.253 e. The number of methoxy groups -OCH3 is 1. The first-order valence-corrected chi connectivity index (χ1v) is 9.03. The van der Waals surface area contributed by atoms with Crippen LogP contribution in [-0.4, -0.2) is 54.9 Å². The third kappa shape index (κ3) is 4.64. The van der Waals surface area contributed by atoms with Gasteiger partial charge in [-0.05, 0) is 42.3 Å². The second-order valence-corrected chi connectivity index (χ2v) is 6.49. The normalized spacial score (nSPS) is 14.1. The number of hydrogen-bond donors (Lipinski definition) is 0. The van der Waals surface area contributed by atoms with Gasteiger partial charge in [0, 0.05) is 38.2 Å². The molecule has 3 rings (SSSR count). The van der Waals surface area contributed by atoms with Gasteiger partial charge in [0.25, 0.3) is 5.91 Å². The molecule has 0 spiro atoms. The Morgan fingerprint density at radius 1 is 0.963 bits per heavy atom. The number of carbonyl (C=O) groups is 2. The summed E-state index contributed by atoms with van der Waals surface area (Å²) in [7, 11) is 1.62. The fourth-order valence-electron chi connectivity index (χ4n) is 3.24. The fourth-order valence-corrected chi connectivity index (χ4v) is 3.24. The number of hydrogen-bond acceptors (Lipinski definition) is 3. The SMILES string of the molecule is COc1ccccc1CCC(=O)N1CCN(C(=O)c2ccc(F)cc2)CC1. The lowest BCUT2D eigenvalue weighted by atomic mass is 10.1. The molecule has 27 heavy (non-hydrogen) atoms. The fraction of sp³-hybridized carbons (Fsp3) is 0.333. The maximum absolute atomic E-state index is 13.0. The molecule has 142 valence electrons. The maximum Gasteiger partial charge on any atom is 0.253 e. The highest BCUT2D eigenvalue weighted by molar-refractivity contribution is 5.94. The van der Waals surface area contributed by atoms with Crippen LogP contribution in [-0.2, 0) is 11.2 Å². The topological polar surface area (TPSA) is 49.9 Å². The van der Waals surface area contributed by atoms with E-state index in [9.17, 15) is 14.0 Å². The van der Waals surface area contributed by atoms with Crippen molar-refractivity contribution in [3.05, 3.63) is 65.5 Å². The highest BCUT2D eigenvalue weighted by Crippen LogP contribution is 2.19. The molecule has 0 unspecified atom stereocenters. The zero-order valence-electron chi connectivity index (χ0n) is 15.4. The zero-order chi connectivity index (χ0) is 19.2. The predicted molar refractivity (Wildman–Crippen MR) is 100 cm³/mol. The van der Waals surface area contributed by atoms with Crippen molar-refractivity contribution in [3.8, 4) is 5.75 Å². The summed E-state index contributed by atoms with van der Waals surface area (Å²) in [6, 6.07) is 13.2. The van der Waals surface area contributed by atoms with Gasteiger partial charge in [0.15, 0.2) is 0 Å². The van der Waals surface area contributed by atoms with E-state index in [1.807, 2.05) is 24.3 Å². The third-order valence-corrected chi connectivity index (χ3v) is 4.81. The van der Waals surface area contributed by atoms with Crippen molar-refractivity contribution >= 4 is 11.8 Å². The van der Waals surface area contributed by atoms with Crippen molar-refractivity contribution in [3.63, 3.8) is 0 Å². The van der Waals surface area contributed by atoms with E-state index < -0.39 is 0 Å². The van der Waals surface area contributed by atoms with Crippen LogP contribution < -0.4 is 4.74 Å². The first-order valence-electron chi connectivity index (χ1n) is 9.03. The Hall–Kier alpha value is -2.89. The van der Waals surface area contributed by atoms with Crippen LogP contribution in [0, 0.1) is 5.82 Å². The van der Waals surface area contributed by atoms with Crippen LogP contribution in [0.1, 0.15) is 22.3 Å². The van der Waals surface area contributed by atoms with Crippen LogP contribution in [0.5, 0.6) is 5.75 Å². The summed E-state index contributed by atoms with van der Waals surface area (Å²) in [6.45, 7) is 1.99. The van der Waals surface area contributed by atoms with E-state index in [1.165, 1.54) is 24.3 Å². The standard InChI is InChI=1S/C21H23FN2O3/c1-27-19-5-3-2-4-16(19)8-11-20(25)23-12-14-24(15-13-23)21(26)17-6-9-18(22)10-7-17/h2-7,9-10H,8,11-15H2,1H3. The Labute approximate surface area is 158 Å². The van der Waals surface area contributed by atoms with Gasteiger partial charge in [-0.15, -0.1) is 0 Å². The summed E-state index contributed by atoms with van der Waals surface area (Å²) in [4.78, 5) is 28.5. The largest absolute Gasteiger partial charge is 0.496 e. The number of nitrogens with zero attached hydrogens (tertiary/aromatic N) is 2. The van der Waals surface area contributed by atoms with E-state index in [1.54, 1.807) is 16.9 Å². The van der Waals surface area contributed by atoms with Crippen LogP contribution in [0.15, 0.2) is 48.5 Å². The molecule has 2 aromatic carbocycles. The van der Waals surface area contributed by atoms with Crippen molar-refractivity contribution < 1.29 is 18.7 Å². The first-order chi connectivity index (χ1) is 13.1. The number of halogens is 1. The van der Waals surface area contributed by atoms with Crippen molar-refractivity contribution in [1.82, 2.24) is 9.80 Å². The van der Waals surface area contributed by atoms with Gasteiger partial charge in [-0.2, -0.15) is 0 Å². The quantitative estimate of drug-likeness (QED) is 0.813. The van der Waals surface area contributed by atoms with Crippen LogP contribution >= 0.6 is 0 Å². The van der Waals surface area contributed by atoms with Gasteiger partial charge in [-0.3, -0.25) is 9.59 Å². The van der Waals surface area contributed by atoms with Crippen LogP contribution in [0.25, 0.3) is 0 Å². The molecule has 0 radical (unpaired) electrons. The Morgan fingerprint density at radius 3 is 2.26 bits per heavy atom. The van der Waals surface area contributed by atoms with Crippen molar-refractivity contribution in [2.24, 2.45) is 0 Å². The molecule has 0 aliphatic carbocycles. The van der Waals surface area contributed by atoms with E-state index in [0.29, 0.717) is 44.6 Å². The lowest BCUT2D eigenvalue weighted by molar-refractivity contribution is -0.132. The molecule has 6 heteroatoms. The number of piperazine rings is 1. The van der Waals surface area contributed by atoms with Crippen LogP contribution in [0.2, 0.25) is 0 Å². The lowest BCUT2D eigenvalue weighted by Crippen LogP contribution is -2.50. The third-order valence-electron chi connectivity index (χ3n) is 4.81. The summed E-state index contributed by atoms with van der Waals surface area (Å²) in [6.07, 6.45) is 1.03. The minimum Gasteiger partial charge on any atom is -0.496 e. The minimum atomic E-state index is -0.364. The zero-order valence-corrected chi connectivity index (χ0v) is 15.4. The van der Waals surface area contributed by atoms with Gasteiger partial charge >= 0.3 is 0 Å². The molecule has 1 heterocycles. The van der Waals surface area contributed by atoms with Crippen molar-refractivity contribution in [2.75, 3.05) is 33.3 Å². The second-order valence-electron chi connectivity index (χ2n) is 6.49. The van der Waals surface area contributed by atoms with Crippen molar-refractivity contribution in [2.45, 2.75) is 12.8 Å². The molecule has 0 atom stereocenters. The highest BCUT2D eigenvalue weighted by Gasteiger charge is 2.24. The molecular formula is C21H23FN2O3. The summed E-state index contributed by atoms with van der Waals surface area (Å²) in [5, 5.41) is 0. The minimum absolute atomic E-state index is 0.0785. The van der Waals surface area contributed by atoms with E-state index in [0.717, 1.165) is 11.3 Å². The van der Waals surface area contributed by atoms with E-state index in [4.69, 9.17) is 4.74 Å². The summed E-state index contributed by atoms with van der Waals surface area (Å²) in [5.41, 5.74) is 1.48. The van der Waals surface area contributed by atoms with Gasteiger partial charge in [-0.25, -0.2) is 4.39 Å². The van der Waals surface area contributed by atoms with E-state index >= 15 is 0 Å². The number of amides is 2. The highest BCUT2D eigenvalue weighted by atomic mass is 19.1. The van der Waals surface area contributed by atoms with Gasteiger partial charge in [0.05, 0.1) is 7.11 Å². The molecule has 0 N–H and O–H groups in total. The molecule has 0 saturated carbocycles. The summed E-state index contributed by atoms with van der Waals surface area (Å²) >= 11 is 0. The summed E-state index contributed by atoms with van der Waals surface area (Å²) in [5.74, 6) is 0.378. The maximum atomic E-state index is 13.0. The molecule has 1 aliphatic heterocycles. The second kappa shape index (κ2) is 8.66. The molecule has 5 nitrogen and oxygen atoms in total. The van der Waals surface area contributed by atoms with E-state index in [-0.39, 0.29) is 17.6 Å². The van der Waals surface area contributed by atoms with Gasteiger partial charge in [0.1, 0.15) is 11.6 Å². The number of rotatable bonds is 5. The number of para-hydroxylation sites is 1. The molecule has 0 bridgehead atoms.